The lowest BCUT2D eigenvalue weighted by Gasteiger charge is -2.05. The smallest absolute Gasteiger partial charge is 0.278 e. The van der Waals surface area contributed by atoms with Gasteiger partial charge < -0.3 is 0 Å². The maximum Gasteiger partial charge on any atom is 0.278 e. The molecular weight excluding hydrogens is 228 g/mol. The summed E-state index contributed by atoms with van der Waals surface area (Å²) in [6.07, 6.45) is 2.92. The van der Waals surface area contributed by atoms with Crippen LogP contribution in [0.25, 0.3) is 0 Å². The fraction of sp³-hybridized carbons (Fsp3) is 0.111. The van der Waals surface area contributed by atoms with Gasteiger partial charge in [0.2, 0.25) is 0 Å². The molecule has 2 aromatic rings. The van der Waals surface area contributed by atoms with Gasteiger partial charge >= 0.3 is 0 Å². The molecule has 0 unspecified atom stereocenters. The van der Waals surface area contributed by atoms with E-state index in [-0.39, 0.29) is 5.03 Å². The van der Waals surface area contributed by atoms with Crippen LogP contribution in [0.5, 0.6) is 0 Å². The van der Waals surface area contributed by atoms with E-state index in [1.807, 2.05) is 0 Å². The average molecular weight is 238 g/mol. The van der Waals surface area contributed by atoms with Crippen molar-refractivity contribution in [1.82, 2.24) is 15.2 Å². The summed E-state index contributed by atoms with van der Waals surface area (Å²) in [7, 11) is -3.58. The van der Waals surface area contributed by atoms with E-state index in [0.29, 0.717) is 5.69 Å². The molecule has 0 aliphatic rings. The van der Waals surface area contributed by atoms with Crippen molar-refractivity contribution in [3.8, 4) is 0 Å². The monoisotopic (exact) mass is 238 g/mol. The maximum atomic E-state index is 11.8. The highest BCUT2D eigenvalue weighted by Crippen LogP contribution is 2.13. The Labute approximate surface area is 92.8 Å². The van der Waals surface area contributed by atoms with Crippen LogP contribution in [0.1, 0.15) is 5.69 Å². The van der Waals surface area contributed by atoms with Crippen LogP contribution in [0.15, 0.2) is 35.6 Å². The van der Waals surface area contributed by atoms with Crippen molar-refractivity contribution >= 4 is 15.7 Å². The molecule has 84 valence electrons. The zero-order valence-corrected chi connectivity index (χ0v) is 9.32. The molecule has 0 aliphatic carbocycles. The minimum atomic E-state index is -3.58. The number of aryl methyl sites for hydroxylation is 1. The number of rotatable bonds is 3. The largest absolute Gasteiger partial charge is 0.278 e. The molecule has 2 aromatic heterocycles. The molecule has 7 heteroatoms. The molecule has 0 fully saturated rings. The third-order valence-corrected chi connectivity index (χ3v) is 3.22. The first-order valence-electron chi connectivity index (χ1n) is 4.53. The third kappa shape index (κ3) is 2.19. The Morgan fingerprint density at radius 1 is 1.31 bits per heavy atom. The number of H-pyrrole nitrogens is 1. The van der Waals surface area contributed by atoms with Gasteiger partial charge in [0.05, 0.1) is 11.9 Å². The van der Waals surface area contributed by atoms with Crippen LogP contribution in [0, 0.1) is 6.92 Å². The number of sulfonamides is 1. The van der Waals surface area contributed by atoms with Crippen LogP contribution in [0.4, 0.5) is 5.69 Å². The van der Waals surface area contributed by atoms with Gasteiger partial charge in [-0.2, -0.15) is 13.5 Å². The van der Waals surface area contributed by atoms with Gasteiger partial charge in [-0.05, 0) is 25.1 Å². The molecule has 0 amide bonds. The molecule has 16 heavy (non-hydrogen) atoms. The molecule has 0 saturated carbocycles. The average Bonchev–Trinajstić information content (AvgIpc) is 2.69. The van der Waals surface area contributed by atoms with Crippen molar-refractivity contribution in [3.05, 3.63) is 36.3 Å². The van der Waals surface area contributed by atoms with Crippen LogP contribution in [0.3, 0.4) is 0 Å². The van der Waals surface area contributed by atoms with Gasteiger partial charge in [-0.15, -0.1) is 0 Å². The van der Waals surface area contributed by atoms with Gasteiger partial charge in [0.15, 0.2) is 5.03 Å². The second-order valence-electron chi connectivity index (χ2n) is 3.21. The summed E-state index contributed by atoms with van der Waals surface area (Å²) in [5, 5.41) is 6.02. The number of hydrogen-bond donors (Lipinski definition) is 2. The first-order chi connectivity index (χ1) is 7.58. The molecule has 0 aromatic carbocycles. The number of nitrogens with zero attached hydrogens (tertiary/aromatic N) is 2. The Hall–Kier alpha value is -1.89. The van der Waals surface area contributed by atoms with Gasteiger partial charge in [-0.1, -0.05) is 0 Å². The van der Waals surface area contributed by atoms with E-state index >= 15 is 0 Å². The number of aromatic amines is 1. The topological polar surface area (TPSA) is 87.7 Å². The van der Waals surface area contributed by atoms with E-state index in [0.717, 1.165) is 5.69 Å². The van der Waals surface area contributed by atoms with E-state index in [2.05, 4.69) is 19.9 Å². The van der Waals surface area contributed by atoms with Crippen molar-refractivity contribution in [1.29, 1.82) is 0 Å². The molecule has 2 heterocycles. The van der Waals surface area contributed by atoms with Gasteiger partial charge in [0, 0.05) is 11.9 Å². The Bertz CT molecular complexity index is 577. The second kappa shape index (κ2) is 3.93. The van der Waals surface area contributed by atoms with Crippen LogP contribution in [-0.4, -0.2) is 23.6 Å². The number of nitrogens with one attached hydrogen (secondary N) is 2. The highest BCUT2D eigenvalue weighted by Gasteiger charge is 2.15. The van der Waals surface area contributed by atoms with Crippen LogP contribution >= 0.6 is 0 Å². The summed E-state index contributed by atoms with van der Waals surface area (Å²) in [6, 6.07) is 4.62. The van der Waals surface area contributed by atoms with Crippen LogP contribution < -0.4 is 4.72 Å². The predicted octanol–water partition coefficient (Wildman–Crippen LogP) is 0.914. The lowest BCUT2D eigenvalue weighted by Crippen LogP contribution is -2.13. The molecular formula is C9H10N4O2S. The molecule has 0 saturated heterocycles. The van der Waals surface area contributed by atoms with Crippen LogP contribution in [0.2, 0.25) is 0 Å². The van der Waals surface area contributed by atoms with Gasteiger partial charge in [-0.3, -0.25) is 14.8 Å². The summed E-state index contributed by atoms with van der Waals surface area (Å²) < 4.78 is 26.0. The quantitative estimate of drug-likeness (QED) is 0.832. The molecule has 0 atom stereocenters. The first kappa shape index (κ1) is 10.6. The highest BCUT2D eigenvalue weighted by molar-refractivity contribution is 7.92. The van der Waals surface area contributed by atoms with E-state index < -0.39 is 10.0 Å². The Morgan fingerprint density at radius 3 is 2.75 bits per heavy atom. The normalized spacial score (nSPS) is 11.3. The van der Waals surface area contributed by atoms with Crippen LogP contribution in [-0.2, 0) is 10.0 Å². The summed E-state index contributed by atoms with van der Waals surface area (Å²) in [5.41, 5.74) is 1.21. The third-order valence-electron chi connectivity index (χ3n) is 1.91. The molecule has 0 radical (unpaired) electrons. The molecule has 0 aliphatic heterocycles. The summed E-state index contributed by atoms with van der Waals surface area (Å²) in [6.45, 7) is 1.79. The Kier molecular flexibility index (Phi) is 2.61. The number of anilines is 1. The molecule has 0 bridgehead atoms. The van der Waals surface area contributed by atoms with Gasteiger partial charge in [-0.25, -0.2) is 0 Å². The SMILES string of the molecule is Cc1cc(NS(=O)(=O)c2ccn[nH]2)ccn1. The minimum Gasteiger partial charge on any atom is -0.278 e. The number of aromatic nitrogens is 3. The first-order valence-corrected chi connectivity index (χ1v) is 6.01. The zero-order chi connectivity index (χ0) is 11.6. The van der Waals surface area contributed by atoms with E-state index in [1.54, 1.807) is 25.3 Å². The van der Waals surface area contributed by atoms with E-state index in [4.69, 9.17) is 0 Å². The second-order valence-corrected chi connectivity index (χ2v) is 4.86. The lowest BCUT2D eigenvalue weighted by molar-refractivity contribution is 0.597. The van der Waals surface area contributed by atoms with E-state index in [9.17, 15) is 8.42 Å². The van der Waals surface area contributed by atoms with Gasteiger partial charge in [0.25, 0.3) is 10.0 Å². The standard InChI is InChI=1S/C9H10N4O2S/c1-7-6-8(2-4-10-7)13-16(14,15)9-3-5-11-12-9/h2-6H,1H3,(H,10,13)(H,11,12). The summed E-state index contributed by atoms with van der Waals surface area (Å²) >= 11 is 0. The van der Waals surface area contributed by atoms with Crippen molar-refractivity contribution < 1.29 is 8.42 Å². The molecule has 2 rings (SSSR count). The number of pyridine rings is 1. The molecule has 2 N–H and O–H groups in total. The van der Waals surface area contributed by atoms with E-state index in [1.165, 1.54) is 12.3 Å². The fourth-order valence-electron chi connectivity index (χ4n) is 1.21. The minimum absolute atomic E-state index is 0.0296. The molecule has 0 spiro atoms. The fourth-order valence-corrected chi connectivity index (χ4v) is 2.17. The zero-order valence-electron chi connectivity index (χ0n) is 8.51. The summed E-state index contributed by atoms with van der Waals surface area (Å²) in [5.74, 6) is 0. The summed E-state index contributed by atoms with van der Waals surface area (Å²) in [4.78, 5) is 3.98. The van der Waals surface area contributed by atoms with Gasteiger partial charge in [0.1, 0.15) is 0 Å². The predicted molar refractivity (Wildman–Crippen MR) is 58.4 cm³/mol. The van der Waals surface area contributed by atoms with Crippen molar-refractivity contribution in [2.24, 2.45) is 0 Å². The number of hydrogen-bond acceptors (Lipinski definition) is 4. The maximum absolute atomic E-state index is 11.8. The Morgan fingerprint density at radius 2 is 2.12 bits per heavy atom. The Balaban J connectivity index is 2.29. The molecule has 6 nitrogen and oxygen atoms in total. The van der Waals surface area contributed by atoms with Crippen molar-refractivity contribution in [2.45, 2.75) is 11.9 Å². The van der Waals surface area contributed by atoms with Crippen molar-refractivity contribution in [3.63, 3.8) is 0 Å². The highest BCUT2D eigenvalue weighted by atomic mass is 32.2. The van der Waals surface area contributed by atoms with Crippen molar-refractivity contribution in [2.75, 3.05) is 4.72 Å². The lowest BCUT2D eigenvalue weighted by atomic mass is 10.3.